The molecule has 2 aromatic rings. The topological polar surface area (TPSA) is 33.7 Å². The standard InChI is InChI=1S/C20H26N2O2/c1-23-19-9-7-18(8-10-19)20(22-11-13-24-14-12-22)16-21-15-17-5-3-2-4-6-17/h2-10,20-21H,11-16H2,1H3. The Labute approximate surface area is 144 Å². The lowest BCUT2D eigenvalue weighted by molar-refractivity contribution is 0.0161. The van der Waals surface area contributed by atoms with Gasteiger partial charge in [-0.15, -0.1) is 0 Å². The number of ether oxygens (including phenoxy) is 2. The first-order valence-electron chi connectivity index (χ1n) is 8.57. The molecule has 4 heteroatoms. The van der Waals surface area contributed by atoms with Gasteiger partial charge in [-0.3, -0.25) is 4.90 Å². The highest BCUT2D eigenvalue weighted by Gasteiger charge is 2.22. The Morgan fingerprint density at radius 1 is 1.04 bits per heavy atom. The van der Waals surface area contributed by atoms with Gasteiger partial charge >= 0.3 is 0 Å². The van der Waals surface area contributed by atoms with E-state index in [9.17, 15) is 0 Å². The van der Waals surface area contributed by atoms with Gasteiger partial charge in [0, 0.05) is 32.2 Å². The maximum Gasteiger partial charge on any atom is 0.118 e. The Hall–Kier alpha value is -1.88. The summed E-state index contributed by atoms with van der Waals surface area (Å²) in [6.45, 7) is 5.38. The number of nitrogens with zero attached hydrogens (tertiary/aromatic N) is 1. The van der Waals surface area contributed by atoms with Crippen LogP contribution in [0.15, 0.2) is 54.6 Å². The first kappa shape index (κ1) is 17.0. The van der Waals surface area contributed by atoms with Gasteiger partial charge in [0.25, 0.3) is 0 Å². The summed E-state index contributed by atoms with van der Waals surface area (Å²) < 4.78 is 10.8. The molecule has 1 fully saturated rings. The van der Waals surface area contributed by atoms with Crippen LogP contribution in [-0.2, 0) is 11.3 Å². The molecular formula is C20H26N2O2. The highest BCUT2D eigenvalue weighted by Crippen LogP contribution is 2.23. The van der Waals surface area contributed by atoms with Crippen molar-refractivity contribution >= 4 is 0 Å². The van der Waals surface area contributed by atoms with E-state index in [-0.39, 0.29) is 0 Å². The van der Waals surface area contributed by atoms with Crippen LogP contribution < -0.4 is 10.1 Å². The highest BCUT2D eigenvalue weighted by molar-refractivity contribution is 5.29. The van der Waals surface area contributed by atoms with Crippen LogP contribution >= 0.6 is 0 Å². The molecule has 1 heterocycles. The summed E-state index contributed by atoms with van der Waals surface area (Å²) in [6, 6.07) is 19.3. The molecule has 0 radical (unpaired) electrons. The summed E-state index contributed by atoms with van der Waals surface area (Å²) in [5.41, 5.74) is 2.63. The number of methoxy groups -OCH3 is 1. The van der Waals surface area contributed by atoms with Crippen LogP contribution in [-0.4, -0.2) is 44.9 Å². The Morgan fingerprint density at radius 2 is 1.75 bits per heavy atom. The molecule has 3 rings (SSSR count). The van der Waals surface area contributed by atoms with Gasteiger partial charge in [0.1, 0.15) is 5.75 Å². The van der Waals surface area contributed by atoms with E-state index in [2.05, 4.69) is 52.7 Å². The zero-order valence-corrected chi connectivity index (χ0v) is 14.3. The van der Waals surface area contributed by atoms with E-state index in [1.165, 1.54) is 11.1 Å². The number of rotatable bonds is 7. The van der Waals surface area contributed by atoms with Crippen LogP contribution in [0, 0.1) is 0 Å². The molecule has 0 saturated carbocycles. The van der Waals surface area contributed by atoms with Gasteiger partial charge < -0.3 is 14.8 Å². The zero-order chi connectivity index (χ0) is 16.6. The maximum atomic E-state index is 5.51. The smallest absolute Gasteiger partial charge is 0.118 e. The second-order valence-electron chi connectivity index (χ2n) is 6.05. The first-order chi connectivity index (χ1) is 11.9. The van der Waals surface area contributed by atoms with E-state index < -0.39 is 0 Å². The SMILES string of the molecule is COc1ccc(C(CNCc2ccccc2)N2CCOCC2)cc1. The van der Waals surface area contributed by atoms with Crippen LogP contribution in [0.3, 0.4) is 0 Å². The van der Waals surface area contributed by atoms with Crippen molar-refractivity contribution in [3.05, 3.63) is 65.7 Å². The zero-order valence-electron chi connectivity index (χ0n) is 14.3. The normalized spacial score (nSPS) is 16.7. The first-order valence-corrected chi connectivity index (χ1v) is 8.57. The summed E-state index contributed by atoms with van der Waals surface area (Å²) in [6.07, 6.45) is 0. The summed E-state index contributed by atoms with van der Waals surface area (Å²) in [5, 5.41) is 3.61. The predicted molar refractivity (Wildman–Crippen MR) is 96.3 cm³/mol. The average molecular weight is 326 g/mol. The number of morpholine rings is 1. The van der Waals surface area contributed by atoms with Gasteiger partial charge in [-0.25, -0.2) is 0 Å². The monoisotopic (exact) mass is 326 g/mol. The van der Waals surface area contributed by atoms with Crippen LogP contribution in [0.1, 0.15) is 17.2 Å². The molecule has 0 aliphatic carbocycles. The molecule has 1 aliphatic rings. The molecular weight excluding hydrogens is 300 g/mol. The van der Waals surface area contributed by atoms with E-state index in [1.54, 1.807) is 7.11 Å². The van der Waals surface area contributed by atoms with Crippen molar-refractivity contribution in [1.29, 1.82) is 0 Å². The molecule has 0 aromatic heterocycles. The molecule has 1 N–H and O–H groups in total. The van der Waals surface area contributed by atoms with E-state index in [4.69, 9.17) is 9.47 Å². The fourth-order valence-electron chi connectivity index (χ4n) is 3.12. The van der Waals surface area contributed by atoms with Gasteiger partial charge in [-0.05, 0) is 23.3 Å². The largest absolute Gasteiger partial charge is 0.497 e. The minimum atomic E-state index is 0.350. The predicted octanol–water partition coefficient (Wildman–Crippen LogP) is 2.86. The summed E-state index contributed by atoms with van der Waals surface area (Å²) in [5.74, 6) is 0.900. The number of hydrogen-bond acceptors (Lipinski definition) is 4. The molecule has 24 heavy (non-hydrogen) atoms. The quantitative estimate of drug-likeness (QED) is 0.848. The summed E-state index contributed by atoms with van der Waals surface area (Å²) in [4.78, 5) is 2.50. The molecule has 4 nitrogen and oxygen atoms in total. The third kappa shape index (κ3) is 4.57. The summed E-state index contributed by atoms with van der Waals surface area (Å²) >= 11 is 0. The number of benzene rings is 2. The molecule has 1 atom stereocenters. The Kier molecular flexibility index (Phi) is 6.24. The molecule has 0 amide bonds. The lowest BCUT2D eigenvalue weighted by atomic mass is 10.0. The van der Waals surface area contributed by atoms with Crippen molar-refractivity contribution in [3.8, 4) is 5.75 Å². The van der Waals surface area contributed by atoms with Crippen molar-refractivity contribution in [2.45, 2.75) is 12.6 Å². The Bertz CT molecular complexity index is 595. The maximum absolute atomic E-state index is 5.51. The molecule has 2 aromatic carbocycles. The van der Waals surface area contributed by atoms with E-state index in [0.717, 1.165) is 45.1 Å². The average Bonchev–Trinajstić information content (AvgIpc) is 2.67. The minimum absolute atomic E-state index is 0.350. The van der Waals surface area contributed by atoms with Gasteiger partial charge in [0.05, 0.1) is 20.3 Å². The van der Waals surface area contributed by atoms with E-state index in [0.29, 0.717) is 6.04 Å². The molecule has 1 unspecified atom stereocenters. The van der Waals surface area contributed by atoms with Crippen LogP contribution in [0.2, 0.25) is 0 Å². The van der Waals surface area contributed by atoms with Crippen molar-refractivity contribution in [3.63, 3.8) is 0 Å². The van der Waals surface area contributed by atoms with E-state index in [1.807, 2.05) is 12.1 Å². The minimum Gasteiger partial charge on any atom is -0.497 e. The summed E-state index contributed by atoms with van der Waals surface area (Å²) in [7, 11) is 1.70. The van der Waals surface area contributed by atoms with Crippen molar-refractivity contribution in [2.24, 2.45) is 0 Å². The van der Waals surface area contributed by atoms with Crippen molar-refractivity contribution in [1.82, 2.24) is 10.2 Å². The van der Waals surface area contributed by atoms with E-state index >= 15 is 0 Å². The number of hydrogen-bond donors (Lipinski definition) is 1. The third-order valence-electron chi connectivity index (χ3n) is 4.50. The second kappa shape index (κ2) is 8.83. The van der Waals surface area contributed by atoms with Crippen molar-refractivity contribution < 1.29 is 9.47 Å². The van der Waals surface area contributed by atoms with Crippen LogP contribution in [0.25, 0.3) is 0 Å². The fourth-order valence-corrected chi connectivity index (χ4v) is 3.12. The Morgan fingerprint density at radius 3 is 2.42 bits per heavy atom. The highest BCUT2D eigenvalue weighted by atomic mass is 16.5. The lowest BCUT2D eigenvalue weighted by Crippen LogP contribution is -2.42. The van der Waals surface area contributed by atoms with Crippen LogP contribution in [0.5, 0.6) is 5.75 Å². The number of nitrogens with one attached hydrogen (secondary N) is 1. The second-order valence-corrected chi connectivity index (χ2v) is 6.05. The molecule has 0 spiro atoms. The molecule has 1 saturated heterocycles. The third-order valence-corrected chi connectivity index (χ3v) is 4.50. The molecule has 0 bridgehead atoms. The fraction of sp³-hybridized carbons (Fsp3) is 0.400. The van der Waals surface area contributed by atoms with Gasteiger partial charge in [-0.1, -0.05) is 42.5 Å². The van der Waals surface area contributed by atoms with Crippen LogP contribution in [0.4, 0.5) is 0 Å². The lowest BCUT2D eigenvalue weighted by Gasteiger charge is -2.35. The van der Waals surface area contributed by atoms with Gasteiger partial charge in [0.2, 0.25) is 0 Å². The van der Waals surface area contributed by atoms with Crippen molar-refractivity contribution in [2.75, 3.05) is 40.0 Å². The van der Waals surface area contributed by atoms with Gasteiger partial charge in [0.15, 0.2) is 0 Å². The Balaban J connectivity index is 1.66. The molecule has 128 valence electrons. The van der Waals surface area contributed by atoms with Gasteiger partial charge in [-0.2, -0.15) is 0 Å². The molecule has 1 aliphatic heterocycles.